The van der Waals surface area contributed by atoms with E-state index in [2.05, 4.69) is 39.7 Å². The van der Waals surface area contributed by atoms with Gasteiger partial charge < -0.3 is 25.0 Å². The van der Waals surface area contributed by atoms with Gasteiger partial charge in [-0.05, 0) is 63.4 Å². The largest absolute Gasteiger partial charge is 0.493 e. The maximum atomic E-state index is 5.65. The van der Waals surface area contributed by atoms with E-state index in [1.54, 1.807) is 7.11 Å². The number of aryl methyl sites for hydroxylation is 1. The maximum absolute atomic E-state index is 5.65. The molecule has 0 aromatic heterocycles. The molecular formula is C20H34N4O2. The summed E-state index contributed by atoms with van der Waals surface area (Å²) in [4.78, 5) is 6.70. The Morgan fingerprint density at radius 3 is 2.81 bits per heavy atom. The van der Waals surface area contributed by atoms with Gasteiger partial charge in [0.15, 0.2) is 17.5 Å². The number of aliphatic imine (C=N–C) groups is 1. The van der Waals surface area contributed by atoms with Gasteiger partial charge in [-0.1, -0.05) is 6.07 Å². The third kappa shape index (κ3) is 6.41. The van der Waals surface area contributed by atoms with E-state index in [1.165, 1.54) is 25.1 Å². The highest BCUT2D eigenvalue weighted by molar-refractivity contribution is 5.79. The lowest BCUT2D eigenvalue weighted by Gasteiger charge is -2.15. The molecule has 1 aliphatic heterocycles. The van der Waals surface area contributed by atoms with Gasteiger partial charge in [-0.25, -0.2) is 0 Å². The molecule has 1 aliphatic rings. The minimum Gasteiger partial charge on any atom is -0.493 e. The topological polar surface area (TPSA) is 58.1 Å². The van der Waals surface area contributed by atoms with Crippen molar-refractivity contribution in [2.75, 3.05) is 54.0 Å². The monoisotopic (exact) mass is 362 g/mol. The van der Waals surface area contributed by atoms with Crippen LogP contribution in [0.25, 0.3) is 0 Å². The third-order valence-electron chi connectivity index (χ3n) is 4.73. The van der Waals surface area contributed by atoms with Gasteiger partial charge in [0.05, 0.1) is 13.7 Å². The molecule has 1 aromatic rings. The number of ether oxygens (including phenoxy) is 2. The summed E-state index contributed by atoms with van der Waals surface area (Å²) in [5, 5.41) is 6.85. The van der Waals surface area contributed by atoms with Gasteiger partial charge in [-0.15, -0.1) is 0 Å². The summed E-state index contributed by atoms with van der Waals surface area (Å²) in [7, 11) is 5.68. The van der Waals surface area contributed by atoms with Crippen LogP contribution < -0.4 is 20.1 Å². The molecule has 1 fully saturated rings. The summed E-state index contributed by atoms with van der Waals surface area (Å²) < 4.78 is 11.0. The number of benzene rings is 1. The Morgan fingerprint density at radius 1 is 1.31 bits per heavy atom. The van der Waals surface area contributed by atoms with Crippen LogP contribution in [0.3, 0.4) is 0 Å². The number of methoxy groups -OCH3 is 1. The Bertz CT molecular complexity index is 577. The lowest BCUT2D eigenvalue weighted by atomic mass is 10.1. The van der Waals surface area contributed by atoms with Crippen LogP contribution in [0, 0.1) is 5.92 Å². The number of guanidine groups is 1. The van der Waals surface area contributed by atoms with E-state index in [9.17, 15) is 0 Å². The Morgan fingerprint density at radius 2 is 2.15 bits per heavy atom. The van der Waals surface area contributed by atoms with Crippen molar-refractivity contribution in [3.8, 4) is 11.5 Å². The normalized spacial score (nSPS) is 18.0. The van der Waals surface area contributed by atoms with Crippen LogP contribution in [0.4, 0.5) is 0 Å². The van der Waals surface area contributed by atoms with Crippen molar-refractivity contribution in [3.63, 3.8) is 0 Å². The number of rotatable bonds is 9. The molecule has 1 atom stereocenters. The summed E-state index contributed by atoms with van der Waals surface area (Å²) >= 11 is 0. The van der Waals surface area contributed by atoms with Gasteiger partial charge in [0, 0.05) is 26.7 Å². The van der Waals surface area contributed by atoms with Gasteiger partial charge in [0.2, 0.25) is 0 Å². The first-order valence-corrected chi connectivity index (χ1v) is 9.59. The van der Waals surface area contributed by atoms with Crippen LogP contribution >= 0.6 is 0 Å². The van der Waals surface area contributed by atoms with Gasteiger partial charge >= 0.3 is 0 Å². The van der Waals surface area contributed by atoms with Crippen molar-refractivity contribution in [3.05, 3.63) is 23.8 Å². The van der Waals surface area contributed by atoms with Gasteiger partial charge in [0.25, 0.3) is 0 Å². The summed E-state index contributed by atoms with van der Waals surface area (Å²) in [5.74, 6) is 3.22. The number of nitrogens with one attached hydrogen (secondary N) is 2. The van der Waals surface area contributed by atoms with Crippen LogP contribution in [-0.4, -0.2) is 64.9 Å². The number of nitrogens with zero attached hydrogens (tertiary/aromatic N) is 2. The highest BCUT2D eigenvalue weighted by atomic mass is 16.5. The van der Waals surface area contributed by atoms with E-state index >= 15 is 0 Å². The summed E-state index contributed by atoms with van der Waals surface area (Å²) in [6.45, 7) is 6.87. The molecule has 6 heteroatoms. The molecular weight excluding hydrogens is 328 g/mol. The Labute approximate surface area is 158 Å². The summed E-state index contributed by atoms with van der Waals surface area (Å²) in [6.07, 6.45) is 3.28. The molecule has 6 nitrogen and oxygen atoms in total. The second-order valence-electron chi connectivity index (χ2n) is 6.82. The minimum absolute atomic E-state index is 0.639. The average Bonchev–Trinajstić information content (AvgIpc) is 3.07. The van der Waals surface area contributed by atoms with Crippen molar-refractivity contribution in [2.45, 2.75) is 26.2 Å². The maximum Gasteiger partial charge on any atom is 0.190 e. The fourth-order valence-corrected chi connectivity index (χ4v) is 3.30. The minimum atomic E-state index is 0.639. The highest BCUT2D eigenvalue weighted by Gasteiger charge is 2.19. The van der Waals surface area contributed by atoms with E-state index in [1.807, 2.05) is 20.0 Å². The molecule has 2 N–H and O–H groups in total. The van der Waals surface area contributed by atoms with Crippen molar-refractivity contribution < 1.29 is 9.47 Å². The molecule has 0 bridgehead atoms. The second kappa shape index (κ2) is 10.9. The SMILES string of the molecule is CCOc1cc(CCCNC(=NC)NCC2CCN(C)C2)ccc1OC. The average molecular weight is 363 g/mol. The fourth-order valence-electron chi connectivity index (χ4n) is 3.30. The van der Waals surface area contributed by atoms with Crippen LogP contribution in [0.2, 0.25) is 0 Å². The zero-order valence-corrected chi connectivity index (χ0v) is 16.7. The predicted octanol–water partition coefficient (Wildman–Crippen LogP) is 2.14. The number of likely N-dealkylation sites (tertiary alicyclic amines) is 1. The smallest absolute Gasteiger partial charge is 0.190 e. The van der Waals surface area contributed by atoms with E-state index in [-0.39, 0.29) is 0 Å². The summed E-state index contributed by atoms with van der Waals surface area (Å²) in [6, 6.07) is 6.16. The molecule has 1 heterocycles. The van der Waals surface area contributed by atoms with Crippen LogP contribution in [0.15, 0.2) is 23.2 Å². The molecule has 0 aliphatic carbocycles. The summed E-state index contributed by atoms with van der Waals surface area (Å²) in [5.41, 5.74) is 1.26. The Balaban J connectivity index is 1.70. The zero-order valence-electron chi connectivity index (χ0n) is 16.7. The van der Waals surface area contributed by atoms with Crippen LogP contribution in [-0.2, 0) is 6.42 Å². The third-order valence-corrected chi connectivity index (χ3v) is 4.73. The van der Waals surface area contributed by atoms with Crippen LogP contribution in [0.1, 0.15) is 25.3 Å². The van der Waals surface area contributed by atoms with Gasteiger partial charge in [0.1, 0.15) is 0 Å². The standard InChI is InChI=1S/C20H34N4O2/c1-5-26-19-13-16(8-9-18(19)25-4)7-6-11-22-20(21-2)23-14-17-10-12-24(3)15-17/h8-9,13,17H,5-7,10-12,14-15H2,1-4H3,(H2,21,22,23). The first-order chi connectivity index (χ1) is 12.7. The van der Waals surface area contributed by atoms with Crippen molar-refractivity contribution >= 4 is 5.96 Å². The molecule has 1 aromatic carbocycles. The molecule has 0 amide bonds. The zero-order chi connectivity index (χ0) is 18.8. The molecule has 0 spiro atoms. The lowest BCUT2D eigenvalue weighted by molar-refractivity contribution is 0.310. The van der Waals surface area contributed by atoms with E-state index in [4.69, 9.17) is 9.47 Å². The molecule has 1 saturated heterocycles. The molecule has 0 radical (unpaired) electrons. The van der Waals surface area contributed by atoms with Gasteiger partial charge in [-0.2, -0.15) is 0 Å². The quantitative estimate of drug-likeness (QED) is 0.400. The molecule has 1 unspecified atom stereocenters. The fraction of sp³-hybridized carbons (Fsp3) is 0.650. The van der Waals surface area contributed by atoms with E-state index in [0.29, 0.717) is 6.61 Å². The number of hydrogen-bond acceptors (Lipinski definition) is 4. The van der Waals surface area contributed by atoms with Crippen molar-refractivity contribution in [1.82, 2.24) is 15.5 Å². The number of hydrogen-bond donors (Lipinski definition) is 2. The Hall–Kier alpha value is -1.95. The van der Waals surface area contributed by atoms with E-state index in [0.717, 1.165) is 49.3 Å². The van der Waals surface area contributed by atoms with Crippen LogP contribution in [0.5, 0.6) is 11.5 Å². The molecule has 146 valence electrons. The Kier molecular flexibility index (Phi) is 8.54. The lowest BCUT2D eigenvalue weighted by Crippen LogP contribution is -2.40. The molecule has 0 saturated carbocycles. The van der Waals surface area contributed by atoms with Gasteiger partial charge in [-0.3, -0.25) is 4.99 Å². The van der Waals surface area contributed by atoms with Crippen molar-refractivity contribution in [2.24, 2.45) is 10.9 Å². The first-order valence-electron chi connectivity index (χ1n) is 9.59. The van der Waals surface area contributed by atoms with E-state index < -0.39 is 0 Å². The molecule has 26 heavy (non-hydrogen) atoms. The van der Waals surface area contributed by atoms with Crippen molar-refractivity contribution in [1.29, 1.82) is 0 Å². The highest BCUT2D eigenvalue weighted by Crippen LogP contribution is 2.28. The first kappa shape index (κ1) is 20.4. The predicted molar refractivity (Wildman–Crippen MR) is 107 cm³/mol. The second-order valence-corrected chi connectivity index (χ2v) is 6.82. The molecule has 2 rings (SSSR count).